The number of aliphatic hydroxyl groups excluding tert-OH is 2. The Morgan fingerprint density at radius 3 is 2.36 bits per heavy atom. The van der Waals surface area contributed by atoms with Crippen LogP contribution in [-0.2, 0) is 0 Å². The van der Waals surface area contributed by atoms with E-state index in [2.05, 4.69) is 13.8 Å². The largest absolute Gasteiger partial charge is 0.392 e. The van der Waals surface area contributed by atoms with Crippen LogP contribution < -0.4 is 0 Å². The van der Waals surface area contributed by atoms with Crippen LogP contribution in [0.5, 0.6) is 0 Å². The summed E-state index contributed by atoms with van der Waals surface area (Å²) in [5.74, 6) is 0.754. The number of unbranched alkanes of at least 4 members (excludes halogenated alkanes) is 1. The highest BCUT2D eigenvalue weighted by atomic mass is 16.3. The second-order valence-electron chi connectivity index (χ2n) is 4.00. The SMILES string of the molecule is CCCC[C@@H](C)CCC=C(CO)CO. The molecule has 0 unspecified atom stereocenters. The minimum absolute atomic E-state index is 0.0140. The topological polar surface area (TPSA) is 40.5 Å². The zero-order chi connectivity index (χ0) is 10.8. The van der Waals surface area contributed by atoms with Gasteiger partial charge in [0.05, 0.1) is 13.2 Å². The molecule has 0 fully saturated rings. The molecular weight excluding hydrogens is 176 g/mol. The lowest BCUT2D eigenvalue weighted by atomic mass is 9.98. The van der Waals surface area contributed by atoms with E-state index in [4.69, 9.17) is 10.2 Å². The fourth-order valence-electron chi connectivity index (χ4n) is 1.45. The van der Waals surface area contributed by atoms with Crippen LogP contribution in [0.3, 0.4) is 0 Å². The highest BCUT2D eigenvalue weighted by Crippen LogP contribution is 2.14. The van der Waals surface area contributed by atoms with E-state index in [9.17, 15) is 0 Å². The highest BCUT2D eigenvalue weighted by Gasteiger charge is 2.00. The first-order chi connectivity index (χ1) is 6.74. The van der Waals surface area contributed by atoms with E-state index in [0.717, 1.165) is 24.3 Å². The Morgan fingerprint density at radius 1 is 1.21 bits per heavy atom. The second kappa shape index (κ2) is 9.22. The third kappa shape index (κ3) is 7.10. The van der Waals surface area contributed by atoms with E-state index >= 15 is 0 Å². The average molecular weight is 200 g/mol. The highest BCUT2D eigenvalue weighted by molar-refractivity contribution is 5.01. The van der Waals surface area contributed by atoms with Crippen molar-refractivity contribution in [2.24, 2.45) is 5.92 Å². The van der Waals surface area contributed by atoms with Gasteiger partial charge in [-0.25, -0.2) is 0 Å². The quantitative estimate of drug-likeness (QED) is 0.591. The average Bonchev–Trinajstić information content (AvgIpc) is 2.21. The minimum atomic E-state index is -0.0140. The van der Waals surface area contributed by atoms with Gasteiger partial charge in [0, 0.05) is 0 Å². The number of hydrogen-bond donors (Lipinski definition) is 2. The Balaban J connectivity index is 3.55. The van der Waals surface area contributed by atoms with Crippen molar-refractivity contribution < 1.29 is 10.2 Å². The van der Waals surface area contributed by atoms with E-state index < -0.39 is 0 Å². The van der Waals surface area contributed by atoms with Gasteiger partial charge in [-0.15, -0.1) is 0 Å². The summed E-state index contributed by atoms with van der Waals surface area (Å²) in [4.78, 5) is 0. The normalized spacial score (nSPS) is 12.6. The first-order valence-corrected chi connectivity index (χ1v) is 5.64. The van der Waals surface area contributed by atoms with Gasteiger partial charge in [0.25, 0.3) is 0 Å². The molecule has 0 aromatic carbocycles. The van der Waals surface area contributed by atoms with Crippen LogP contribution in [-0.4, -0.2) is 23.4 Å². The number of hydrogen-bond acceptors (Lipinski definition) is 2. The fourth-order valence-corrected chi connectivity index (χ4v) is 1.45. The molecule has 2 N–H and O–H groups in total. The van der Waals surface area contributed by atoms with Gasteiger partial charge in [-0.05, 0) is 24.3 Å². The smallest absolute Gasteiger partial charge is 0.0663 e. The summed E-state index contributed by atoms with van der Waals surface area (Å²) in [6.45, 7) is 4.45. The molecule has 0 aliphatic heterocycles. The van der Waals surface area contributed by atoms with Gasteiger partial charge in [-0.1, -0.05) is 39.2 Å². The van der Waals surface area contributed by atoms with Crippen molar-refractivity contribution in [1.82, 2.24) is 0 Å². The van der Waals surface area contributed by atoms with Crippen LogP contribution in [0.4, 0.5) is 0 Å². The third-order valence-corrected chi connectivity index (χ3v) is 2.55. The summed E-state index contributed by atoms with van der Waals surface area (Å²) in [5.41, 5.74) is 0.743. The van der Waals surface area contributed by atoms with Gasteiger partial charge >= 0.3 is 0 Å². The van der Waals surface area contributed by atoms with E-state index in [1.54, 1.807) is 0 Å². The Bertz CT molecular complexity index is 146. The molecule has 0 saturated carbocycles. The van der Waals surface area contributed by atoms with Crippen LogP contribution in [0.1, 0.15) is 46.0 Å². The molecule has 0 aromatic heterocycles. The summed E-state index contributed by atoms with van der Waals surface area (Å²) in [7, 11) is 0. The van der Waals surface area contributed by atoms with Crippen LogP contribution in [0.15, 0.2) is 11.6 Å². The van der Waals surface area contributed by atoms with Crippen molar-refractivity contribution in [3.63, 3.8) is 0 Å². The van der Waals surface area contributed by atoms with Crippen LogP contribution >= 0.6 is 0 Å². The predicted molar refractivity (Wildman–Crippen MR) is 60.2 cm³/mol. The van der Waals surface area contributed by atoms with Crippen molar-refractivity contribution in [3.8, 4) is 0 Å². The zero-order valence-electron chi connectivity index (χ0n) is 9.50. The molecule has 84 valence electrons. The molecule has 2 heteroatoms. The number of aliphatic hydroxyl groups is 2. The van der Waals surface area contributed by atoms with Crippen LogP contribution in [0.2, 0.25) is 0 Å². The standard InChI is InChI=1S/C12H24O2/c1-3-4-6-11(2)7-5-8-12(9-13)10-14/h8,11,13-14H,3-7,9-10H2,1-2H3/t11-/m1/s1. The third-order valence-electron chi connectivity index (χ3n) is 2.55. The zero-order valence-corrected chi connectivity index (χ0v) is 9.50. The van der Waals surface area contributed by atoms with Gasteiger partial charge in [0.15, 0.2) is 0 Å². The second-order valence-corrected chi connectivity index (χ2v) is 4.00. The van der Waals surface area contributed by atoms with Gasteiger partial charge in [0.2, 0.25) is 0 Å². The molecule has 0 amide bonds. The first kappa shape index (κ1) is 13.7. The van der Waals surface area contributed by atoms with Gasteiger partial charge in [-0.3, -0.25) is 0 Å². The summed E-state index contributed by atoms with van der Waals surface area (Å²) < 4.78 is 0. The molecule has 0 saturated heterocycles. The molecule has 1 atom stereocenters. The minimum Gasteiger partial charge on any atom is -0.392 e. The van der Waals surface area contributed by atoms with Crippen molar-refractivity contribution >= 4 is 0 Å². The molecule has 0 aromatic rings. The van der Waals surface area contributed by atoms with Crippen molar-refractivity contribution in [2.45, 2.75) is 46.0 Å². The Hall–Kier alpha value is -0.340. The first-order valence-electron chi connectivity index (χ1n) is 5.64. The predicted octanol–water partition coefficient (Wildman–Crippen LogP) is 2.50. The van der Waals surface area contributed by atoms with E-state index in [1.807, 2.05) is 6.08 Å². The molecule has 0 aliphatic carbocycles. The van der Waals surface area contributed by atoms with Crippen LogP contribution in [0, 0.1) is 5.92 Å². The van der Waals surface area contributed by atoms with E-state index in [1.165, 1.54) is 19.3 Å². The molecule has 0 heterocycles. The van der Waals surface area contributed by atoms with E-state index in [0.29, 0.717) is 0 Å². The maximum atomic E-state index is 8.80. The Kier molecular flexibility index (Phi) is 9.00. The molecule has 0 spiro atoms. The van der Waals surface area contributed by atoms with Gasteiger partial charge in [-0.2, -0.15) is 0 Å². The lowest BCUT2D eigenvalue weighted by Crippen LogP contribution is -1.98. The molecule has 14 heavy (non-hydrogen) atoms. The summed E-state index contributed by atoms with van der Waals surface area (Å²) >= 11 is 0. The van der Waals surface area contributed by atoms with Gasteiger partial charge in [0.1, 0.15) is 0 Å². The summed E-state index contributed by atoms with van der Waals surface area (Å²) in [6, 6.07) is 0. The monoisotopic (exact) mass is 200 g/mol. The molecule has 0 radical (unpaired) electrons. The molecule has 0 rings (SSSR count). The molecular formula is C12H24O2. The van der Waals surface area contributed by atoms with E-state index in [-0.39, 0.29) is 13.2 Å². The maximum absolute atomic E-state index is 8.80. The molecule has 0 bridgehead atoms. The summed E-state index contributed by atoms with van der Waals surface area (Å²) in [5, 5.41) is 17.6. The Morgan fingerprint density at radius 2 is 1.86 bits per heavy atom. The number of rotatable bonds is 8. The maximum Gasteiger partial charge on any atom is 0.0663 e. The van der Waals surface area contributed by atoms with Crippen molar-refractivity contribution in [1.29, 1.82) is 0 Å². The summed E-state index contributed by atoms with van der Waals surface area (Å²) in [6.07, 6.45) is 7.95. The molecule has 0 aliphatic rings. The lowest BCUT2D eigenvalue weighted by Gasteiger charge is -2.08. The number of allylic oxidation sites excluding steroid dienone is 1. The lowest BCUT2D eigenvalue weighted by molar-refractivity contribution is 0.275. The van der Waals surface area contributed by atoms with Gasteiger partial charge < -0.3 is 10.2 Å². The van der Waals surface area contributed by atoms with Crippen molar-refractivity contribution in [3.05, 3.63) is 11.6 Å². The fraction of sp³-hybridized carbons (Fsp3) is 0.833. The Labute approximate surface area is 87.7 Å². The van der Waals surface area contributed by atoms with Crippen LogP contribution in [0.25, 0.3) is 0 Å². The van der Waals surface area contributed by atoms with Crippen molar-refractivity contribution in [2.75, 3.05) is 13.2 Å². The molecule has 2 nitrogen and oxygen atoms in total.